The molecular weight excluding hydrogens is 384 g/mol. The van der Waals surface area contributed by atoms with Crippen molar-refractivity contribution in [1.82, 2.24) is 4.68 Å². The Morgan fingerprint density at radius 1 is 1.21 bits per heavy atom. The number of nitrogens with zero attached hydrogens (tertiary/aromatic N) is 3. The van der Waals surface area contributed by atoms with Crippen LogP contribution in [0.5, 0.6) is 5.75 Å². The zero-order valence-electron chi connectivity index (χ0n) is 16.0. The summed E-state index contributed by atoms with van der Waals surface area (Å²) < 4.78 is 7.41. The molecule has 5 rings (SSSR count). The van der Waals surface area contributed by atoms with Crippen LogP contribution in [0.4, 0.5) is 5.69 Å². The van der Waals surface area contributed by atoms with E-state index in [1.54, 1.807) is 11.3 Å². The van der Waals surface area contributed by atoms with E-state index in [2.05, 4.69) is 40.0 Å². The summed E-state index contributed by atoms with van der Waals surface area (Å²) in [5, 5.41) is 9.95. The lowest BCUT2D eigenvalue weighted by Gasteiger charge is -2.18. The molecule has 3 aromatic rings. The van der Waals surface area contributed by atoms with Gasteiger partial charge in [0.15, 0.2) is 6.61 Å². The van der Waals surface area contributed by atoms with Crippen LogP contribution in [-0.2, 0) is 11.2 Å². The Morgan fingerprint density at radius 2 is 2.10 bits per heavy atom. The number of anilines is 1. The standard InChI is InChI=1S/C22H20N4O2S/c1-2-23-22-26(25-17-9-7-14-5-3-4-6-16(14)17)19(13-29-22)15-8-10-20-18(11-15)24-21(27)12-28-20/h3-6,8,10-11,13H,2,7,9,12H2,1H3,(H,24,27). The molecule has 0 spiro atoms. The molecule has 146 valence electrons. The molecule has 1 amide bonds. The van der Waals surface area contributed by atoms with Gasteiger partial charge < -0.3 is 10.1 Å². The Morgan fingerprint density at radius 3 is 3.00 bits per heavy atom. The van der Waals surface area contributed by atoms with E-state index in [9.17, 15) is 4.79 Å². The second-order valence-electron chi connectivity index (χ2n) is 6.94. The van der Waals surface area contributed by atoms with E-state index in [0.717, 1.165) is 34.6 Å². The number of carbonyl (C=O) groups excluding carboxylic acids is 1. The van der Waals surface area contributed by atoms with Gasteiger partial charge in [0.25, 0.3) is 5.91 Å². The van der Waals surface area contributed by atoms with Gasteiger partial charge in [-0.15, -0.1) is 11.3 Å². The Labute approximate surface area is 172 Å². The number of fused-ring (bicyclic) bond motifs is 2. The van der Waals surface area contributed by atoms with Gasteiger partial charge in [0.2, 0.25) is 4.80 Å². The van der Waals surface area contributed by atoms with Crippen molar-refractivity contribution in [2.45, 2.75) is 19.8 Å². The number of nitrogens with one attached hydrogen (secondary N) is 1. The maximum absolute atomic E-state index is 11.7. The van der Waals surface area contributed by atoms with E-state index < -0.39 is 0 Å². The van der Waals surface area contributed by atoms with Crippen molar-refractivity contribution in [3.8, 4) is 17.0 Å². The van der Waals surface area contributed by atoms with Gasteiger partial charge in [0.05, 0.1) is 17.1 Å². The predicted molar refractivity (Wildman–Crippen MR) is 115 cm³/mol. The zero-order valence-corrected chi connectivity index (χ0v) is 16.8. The third kappa shape index (κ3) is 3.27. The summed E-state index contributed by atoms with van der Waals surface area (Å²) in [4.78, 5) is 17.2. The monoisotopic (exact) mass is 404 g/mol. The van der Waals surface area contributed by atoms with Crippen LogP contribution in [0, 0.1) is 0 Å². The molecule has 1 aromatic heterocycles. The summed E-state index contributed by atoms with van der Waals surface area (Å²) in [7, 11) is 0. The minimum absolute atomic E-state index is 0.0530. The predicted octanol–water partition coefficient (Wildman–Crippen LogP) is 3.67. The Bertz CT molecular complexity index is 1210. The molecule has 0 saturated carbocycles. The summed E-state index contributed by atoms with van der Waals surface area (Å²) in [6.07, 6.45) is 1.93. The molecule has 1 aliphatic heterocycles. The van der Waals surface area contributed by atoms with E-state index in [4.69, 9.17) is 9.84 Å². The molecule has 0 fully saturated rings. The molecule has 0 atom stereocenters. The van der Waals surface area contributed by atoms with Gasteiger partial charge >= 0.3 is 0 Å². The van der Waals surface area contributed by atoms with Crippen LogP contribution in [0.25, 0.3) is 11.3 Å². The topological polar surface area (TPSA) is 68.0 Å². The number of aromatic nitrogens is 1. The van der Waals surface area contributed by atoms with Crippen molar-refractivity contribution in [2.24, 2.45) is 10.1 Å². The first-order valence-electron chi connectivity index (χ1n) is 9.67. The molecule has 0 bridgehead atoms. The third-order valence-electron chi connectivity index (χ3n) is 5.07. The van der Waals surface area contributed by atoms with Crippen LogP contribution >= 0.6 is 11.3 Å². The molecule has 6 nitrogen and oxygen atoms in total. The highest BCUT2D eigenvalue weighted by Crippen LogP contribution is 2.33. The second kappa shape index (κ2) is 7.33. The normalized spacial score (nSPS) is 17.1. The van der Waals surface area contributed by atoms with Crippen LogP contribution in [0.2, 0.25) is 0 Å². The Balaban J connectivity index is 1.63. The van der Waals surface area contributed by atoms with E-state index in [1.807, 2.05) is 29.8 Å². The molecular formula is C22H20N4O2S. The van der Waals surface area contributed by atoms with Crippen LogP contribution < -0.4 is 14.9 Å². The van der Waals surface area contributed by atoms with Gasteiger partial charge in [-0.1, -0.05) is 24.3 Å². The van der Waals surface area contributed by atoms with Crippen LogP contribution in [0.15, 0.2) is 57.9 Å². The summed E-state index contributed by atoms with van der Waals surface area (Å²) in [6, 6.07) is 14.3. The van der Waals surface area contributed by atoms with E-state index in [0.29, 0.717) is 18.0 Å². The molecule has 1 aliphatic carbocycles. The summed E-state index contributed by atoms with van der Waals surface area (Å²) >= 11 is 1.57. The van der Waals surface area contributed by atoms with Crippen LogP contribution in [0.1, 0.15) is 24.5 Å². The number of ether oxygens (including phenoxy) is 1. The average Bonchev–Trinajstić information content (AvgIpc) is 3.33. The Kier molecular flexibility index (Phi) is 4.52. The molecule has 2 aliphatic rings. The lowest BCUT2D eigenvalue weighted by Crippen LogP contribution is -2.25. The van der Waals surface area contributed by atoms with Gasteiger partial charge in [0.1, 0.15) is 5.75 Å². The molecule has 1 N–H and O–H groups in total. The number of carbonyl (C=O) groups is 1. The van der Waals surface area contributed by atoms with Crippen molar-refractivity contribution < 1.29 is 9.53 Å². The van der Waals surface area contributed by atoms with E-state index in [1.165, 1.54) is 11.1 Å². The molecule has 0 radical (unpaired) electrons. The van der Waals surface area contributed by atoms with Gasteiger partial charge in [0, 0.05) is 23.1 Å². The highest BCUT2D eigenvalue weighted by atomic mass is 32.1. The van der Waals surface area contributed by atoms with Gasteiger partial charge in [-0.2, -0.15) is 5.10 Å². The minimum Gasteiger partial charge on any atom is -0.482 e. The van der Waals surface area contributed by atoms with Crippen LogP contribution in [-0.4, -0.2) is 29.4 Å². The number of rotatable bonds is 3. The first-order valence-corrected chi connectivity index (χ1v) is 10.5. The number of hydrogen-bond acceptors (Lipinski definition) is 5. The number of thiazole rings is 1. The Hall–Kier alpha value is -3.19. The summed E-state index contributed by atoms with van der Waals surface area (Å²) in [5.74, 6) is 0.543. The molecule has 2 aromatic carbocycles. The number of amides is 1. The van der Waals surface area contributed by atoms with Gasteiger partial charge in [-0.25, -0.2) is 4.68 Å². The highest BCUT2D eigenvalue weighted by molar-refractivity contribution is 7.07. The van der Waals surface area contributed by atoms with Gasteiger partial charge in [-0.3, -0.25) is 9.79 Å². The number of aryl methyl sites for hydroxylation is 1. The van der Waals surface area contributed by atoms with Crippen molar-refractivity contribution in [1.29, 1.82) is 0 Å². The number of hydrogen-bond donors (Lipinski definition) is 1. The van der Waals surface area contributed by atoms with Crippen molar-refractivity contribution in [2.75, 3.05) is 18.5 Å². The lowest BCUT2D eigenvalue weighted by molar-refractivity contribution is -0.118. The van der Waals surface area contributed by atoms with Gasteiger partial charge in [-0.05, 0) is 43.5 Å². The summed E-state index contributed by atoms with van der Waals surface area (Å²) in [5.41, 5.74) is 6.22. The largest absolute Gasteiger partial charge is 0.482 e. The SMILES string of the molecule is CCN=c1scc(-c2ccc3c(c2)NC(=O)CO3)n1N=C1CCc2ccccc21. The van der Waals surface area contributed by atoms with E-state index in [-0.39, 0.29) is 12.5 Å². The lowest BCUT2D eigenvalue weighted by atomic mass is 10.1. The zero-order chi connectivity index (χ0) is 19.8. The minimum atomic E-state index is -0.141. The van der Waals surface area contributed by atoms with Crippen LogP contribution in [0.3, 0.4) is 0 Å². The quantitative estimate of drug-likeness (QED) is 0.724. The fourth-order valence-corrected chi connectivity index (χ4v) is 4.61. The molecule has 0 unspecified atom stereocenters. The van der Waals surface area contributed by atoms with Crippen molar-refractivity contribution in [3.05, 3.63) is 63.8 Å². The average molecular weight is 404 g/mol. The first-order chi connectivity index (χ1) is 14.2. The van der Waals surface area contributed by atoms with Crippen molar-refractivity contribution in [3.63, 3.8) is 0 Å². The second-order valence-corrected chi connectivity index (χ2v) is 7.78. The van der Waals surface area contributed by atoms with Crippen molar-refractivity contribution >= 4 is 28.6 Å². The molecule has 7 heteroatoms. The fourth-order valence-electron chi connectivity index (χ4n) is 3.71. The number of benzene rings is 2. The summed E-state index contributed by atoms with van der Waals surface area (Å²) in [6.45, 7) is 2.76. The first kappa shape index (κ1) is 17.9. The molecule has 2 heterocycles. The van der Waals surface area contributed by atoms with E-state index >= 15 is 0 Å². The maximum Gasteiger partial charge on any atom is 0.262 e. The molecule has 0 saturated heterocycles. The highest BCUT2D eigenvalue weighted by Gasteiger charge is 2.20. The maximum atomic E-state index is 11.7. The third-order valence-corrected chi connectivity index (χ3v) is 5.92. The fraction of sp³-hybridized carbons (Fsp3) is 0.227. The molecule has 29 heavy (non-hydrogen) atoms. The smallest absolute Gasteiger partial charge is 0.262 e.